The number of rotatable bonds is 5. The SMILES string of the molecule is C#CCN(CC(=O)O)C(=O)C(C)(C)CC. The van der Waals surface area contributed by atoms with E-state index in [0.717, 1.165) is 0 Å². The van der Waals surface area contributed by atoms with Crippen LogP contribution in [0.25, 0.3) is 0 Å². The molecule has 0 atom stereocenters. The Labute approximate surface area is 90.3 Å². The number of aliphatic carboxylic acids is 1. The van der Waals surface area contributed by atoms with Crippen LogP contribution >= 0.6 is 0 Å². The van der Waals surface area contributed by atoms with Crippen molar-refractivity contribution in [2.45, 2.75) is 27.2 Å². The lowest BCUT2D eigenvalue weighted by molar-refractivity contribution is -0.148. The lowest BCUT2D eigenvalue weighted by Gasteiger charge is -2.28. The molecule has 1 amide bonds. The van der Waals surface area contributed by atoms with Gasteiger partial charge in [0.25, 0.3) is 0 Å². The molecule has 0 saturated carbocycles. The maximum atomic E-state index is 11.9. The molecule has 0 aromatic heterocycles. The van der Waals surface area contributed by atoms with E-state index in [1.54, 1.807) is 13.8 Å². The monoisotopic (exact) mass is 211 g/mol. The minimum atomic E-state index is -1.05. The zero-order valence-corrected chi connectivity index (χ0v) is 9.41. The fourth-order valence-corrected chi connectivity index (χ4v) is 1.05. The van der Waals surface area contributed by atoms with E-state index < -0.39 is 11.4 Å². The number of nitrogens with zero attached hydrogens (tertiary/aromatic N) is 1. The lowest BCUT2D eigenvalue weighted by Crippen LogP contribution is -2.43. The van der Waals surface area contributed by atoms with Gasteiger partial charge in [-0.15, -0.1) is 6.42 Å². The molecule has 1 N–H and O–H groups in total. The molecule has 0 aromatic carbocycles. The number of carboxylic acid groups (broad SMARTS) is 1. The zero-order valence-electron chi connectivity index (χ0n) is 9.41. The number of terminal acetylenes is 1. The van der Waals surface area contributed by atoms with Crippen molar-refractivity contribution in [2.75, 3.05) is 13.1 Å². The second kappa shape index (κ2) is 5.40. The summed E-state index contributed by atoms with van der Waals surface area (Å²) in [5.41, 5.74) is -0.563. The molecule has 0 saturated heterocycles. The Morgan fingerprint density at radius 3 is 2.33 bits per heavy atom. The van der Waals surface area contributed by atoms with Crippen LogP contribution in [0.3, 0.4) is 0 Å². The van der Waals surface area contributed by atoms with Gasteiger partial charge in [-0.3, -0.25) is 9.59 Å². The van der Waals surface area contributed by atoms with E-state index in [1.807, 2.05) is 6.92 Å². The van der Waals surface area contributed by atoms with Crippen LogP contribution < -0.4 is 0 Å². The van der Waals surface area contributed by atoms with E-state index in [-0.39, 0.29) is 19.0 Å². The van der Waals surface area contributed by atoms with Gasteiger partial charge in [0.15, 0.2) is 0 Å². The molecule has 0 heterocycles. The molecule has 0 aromatic rings. The van der Waals surface area contributed by atoms with Gasteiger partial charge in [-0.05, 0) is 6.42 Å². The first-order valence-electron chi connectivity index (χ1n) is 4.79. The fourth-order valence-electron chi connectivity index (χ4n) is 1.05. The number of carbonyl (C=O) groups is 2. The highest BCUT2D eigenvalue weighted by Gasteiger charge is 2.30. The predicted octanol–water partition coefficient (Wildman–Crippen LogP) is 0.969. The molecule has 0 bridgehead atoms. The van der Waals surface area contributed by atoms with Gasteiger partial charge in [-0.25, -0.2) is 0 Å². The molecule has 4 nitrogen and oxygen atoms in total. The molecule has 0 rings (SSSR count). The number of amides is 1. The molecule has 0 aliphatic carbocycles. The number of carboxylic acids is 1. The van der Waals surface area contributed by atoms with Gasteiger partial charge >= 0.3 is 5.97 Å². The number of carbonyl (C=O) groups excluding carboxylic acids is 1. The summed E-state index contributed by atoms with van der Waals surface area (Å²) in [6, 6.07) is 0. The zero-order chi connectivity index (χ0) is 12.1. The first kappa shape index (κ1) is 13.5. The van der Waals surface area contributed by atoms with Crippen molar-refractivity contribution >= 4 is 11.9 Å². The molecule has 15 heavy (non-hydrogen) atoms. The van der Waals surface area contributed by atoms with Crippen molar-refractivity contribution < 1.29 is 14.7 Å². The lowest BCUT2D eigenvalue weighted by atomic mass is 9.88. The van der Waals surface area contributed by atoms with Gasteiger partial charge in [0.2, 0.25) is 5.91 Å². The Kier molecular flexibility index (Phi) is 4.86. The first-order chi connectivity index (χ1) is 6.85. The van der Waals surface area contributed by atoms with Crippen LogP contribution in [-0.2, 0) is 9.59 Å². The summed E-state index contributed by atoms with van der Waals surface area (Å²) in [5.74, 6) is 1.02. The largest absolute Gasteiger partial charge is 0.480 e. The van der Waals surface area contributed by atoms with Crippen LogP contribution in [0.5, 0.6) is 0 Å². The standard InChI is InChI=1S/C11H17NO3/c1-5-7-12(8-9(13)14)10(15)11(3,4)6-2/h1H,6-8H2,2-4H3,(H,13,14). The maximum Gasteiger partial charge on any atom is 0.323 e. The van der Waals surface area contributed by atoms with Crippen molar-refractivity contribution in [3.05, 3.63) is 0 Å². The highest BCUT2D eigenvalue weighted by atomic mass is 16.4. The molecule has 0 spiro atoms. The van der Waals surface area contributed by atoms with Crippen LogP contribution in [0, 0.1) is 17.8 Å². The topological polar surface area (TPSA) is 57.6 Å². The second-order valence-electron chi connectivity index (χ2n) is 4.00. The van der Waals surface area contributed by atoms with Crippen LogP contribution in [0.4, 0.5) is 0 Å². The van der Waals surface area contributed by atoms with E-state index in [2.05, 4.69) is 5.92 Å². The van der Waals surface area contributed by atoms with Crippen molar-refractivity contribution in [2.24, 2.45) is 5.41 Å². The Morgan fingerprint density at radius 1 is 1.47 bits per heavy atom. The summed E-state index contributed by atoms with van der Waals surface area (Å²) in [6.07, 6.45) is 5.74. The molecule has 0 aliphatic rings. The summed E-state index contributed by atoms with van der Waals surface area (Å²) >= 11 is 0. The smallest absolute Gasteiger partial charge is 0.323 e. The van der Waals surface area contributed by atoms with E-state index in [1.165, 1.54) is 4.90 Å². The van der Waals surface area contributed by atoms with Crippen molar-refractivity contribution in [3.63, 3.8) is 0 Å². The van der Waals surface area contributed by atoms with Gasteiger partial charge in [0, 0.05) is 5.41 Å². The average molecular weight is 211 g/mol. The van der Waals surface area contributed by atoms with Gasteiger partial charge < -0.3 is 10.0 Å². The van der Waals surface area contributed by atoms with Gasteiger partial charge in [0.05, 0.1) is 6.54 Å². The van der Waals surface area contributed by atoms with Gasteiger partial charge in [-0.2, -0.15) is 0 Å². The quantitative estimate of drug-likeness (QED) is 0.689. The highest BCUT2D eigenvalue weighted by molar-refractivity contribution is 5.85. The van der Waals surface area contributed by atoms with E-state index in [4.69, 9.17) is 11.5 Å². The maximum absolute atomic E-state index is 11.9. The highest BCUT2D eigenvalue weighted by Crippen LogP contribution is 2.22. The van der Waals surface area contributed by atoms with Gasteiger partial charge in [0.1, 0.15) is 6.54 Å². The summed E-state index contributed by atoms with van der Waals surface area (Å²) in [6.45, 7) is 5.13. The second-order valence-corrected chi connectivity index (χ2v) is 4.00. The van der Waals surface area contributed by atoms with E-state index in [0.29, 0.717) is 6.42 Å². The van der Waals surface area contributed by atoms with E-state index >= 15 is 0 Å². The molecule has 0 aliphatic heterocycles. The summed E-state index contributed by atoms with van der Waals surface area (Å²) < 4.78 is 0. The van der Waals surface area contributed by atoms with Crippen LogP contribution in [-0.4, -0.2) is 35.0 Å². The van der Waals surface area contributed by atoms with Crippen molar-refractivity contribution in [3.8, 4) is 12.3 Å². The first-order valence-corrected chi connectivity index (χ1v) is 4.79. The summed E-state index contributed by atoms with van der Waals surface area (Å²) in [5, 5.41) is 8.64. The third-order valence-electron chi connectivity index (χ3n) is 2.36. The Bertz CT molecular complexity index is 289. The molecule has 0 radical (unpaired) electrons. The minimum Gasteiger partial charge on any atom is -0.480 e. The average Bonchev–Trinajstić information content (AvgIpc) is 2.15. The molecule has 84 valence electrons. The fraction of sp³-hybridized carbons (Fsp3) is 0.636. The molecular weight excluding hydrogens is 194 g/mol. The van der Waals surface area contributed by atoms with Crippen molar-refractivity contribution in [1.82, 2.24) is 4.90 Å². The normalized spacial score (nSPS) is 10.5. The van der Waals surface area contributed by atoms with Crippen LogP contribution in [0.1, 0.15) is 27.2 Å². The third-order valence-corrected chi connectivity index (χ3v) is 2.36. The third kappa shape index (κ3) is 4.03. The Balaban J connectivity index is 4.71. The summed E-state index contributed by atoms with van der Waals surface area (Å²) in [4.78, 5) is 23.6. The van der Waals surface area contributed by atoms with Crippen molar-refractivity contribution in [1.29, 1.82) is 0 Å². The number of hydrogen-bond donors (Lipinski definition) is 1. The minimum absolute atomic E-state index is 0.0363. The Morgan fingerprint density at radius 2 is 2.00 bits per heavy atom. The molecule has 0 fully saturated rings. The summed E-state index contributed by atoms with van der Waals surface area (Å²) in [7, 11) is 0. The van der Waals surface area contributed by atoms with Gasteiger partial charge in [-0.1, -0.05) is 26.7 Å². The number of hydrogen-bond acceptors (Lipinski definition) is 2. The van der Waals surface area contributed by atoms with Crippen LogP contribution in [0.2, 0.25) is 0 Å². The molecular formula is C11H17NO3. The molecule has 4 heteroatoms. The Hall–Kier alpha value is -1.50. The molecule has 0 unspecified atom stereocenters. The van der Waals surface area contributed by atoms with E-state index in [9.17, 15) is 9.59 Å². The predicted molar refractivity (Wildman–Crippen MR) is 57.1 cm³/mol. The van der Waals surface area contributed by atoms with Crippen LogP contribution in [0.15, 0.2) is 0 Å².